The van der Waals surface area contributed by atoms with E-state index in [2.05, 4.69) is 0 Å². The van der Waals surface area contributed by atoms with E-state index >= 15 is 0 Å². The van der Waals surface area contributed by atoms with Gasteiger partial charge in [-0.15, -0.1) is 0 Å². The average Bonchev–Trinajstić information content (AvgIpc) is 2.93. The minimum Gasteiger partial charge on any atom is -0.491 e. The van der Waals surface area contributed by atoms with Gasteiger partial charge >= 0.3 is 5.97 Å². The number of carbonyl (C=O) groups is 2. The Morgan fingerprint density at radius 2 is 1.68 bits per heavy atom. The second-order valence-corrected chi connectivity index (χ2v) is 7.51. The number of rotatable bonds is 8. The lowest BCUT2D eigenvalue weighted by Gasteiger charge is -2.15. The van der Waals surface area contributed by atoms with Gasteiger partial charge in [-0.05, 0) is 47.9 Å². The largest absolute Gasteiger partial charge is 0.491 e. The number of nitrogens with zero attached hydrogens (tertiary/aromatic N) is 2. The predicted octanol–water partition coefficient (Wildman–Crippen LogP) is 3.59. The van der Waals surface area contributed by atoms with E-state index in [0.717, 1.165) is 0 Å². The molecule has 0 amide bonds. The van der Waals surface area contributed by atoms with Crippen LogP contribution in [-0.4, -0.2) is 60.8 Å². The van der Waals surface area contributed by atoms with E-state index in [1.54, 1.807) is 18.2 Å². The Labute approximate surface area is 166 Å². The van der Waals surface area contributed by atoms with Crippen LogP contribution < -0.4 is 9.47 Å². The minimum atomic E-state index is -0.546. The van der Waals surface area contributed by atoms with Crippen LogP contribution in [0, 0.1) is 0 Å². The van der Waals surface area contributed by atoms with E-state index in [4.69, 9.17) is 14.2 Å². The van der Waals surface area contributed by atoms with Gasteiger partial charge in [-0.25, -0.2) is 4.79 Å². The minimum absolute atomic E-state index is 0.0411. The lowest BCUT2D eigenvalue weighted by Crippen LogP contribution is -2.22. The molecular weight excluding hydrogens is 360 g/mol. The number of hydrogen-bond acceptors (Lipinski definition) is 6. The van der Waals surface area contributed by atoms with Crippen molar-refractivity contribution in [3.05, 3.63) is 23.9 Å². The van der Waals surface area contributed by atoms with Crippen LogP contribution >= 0.6 is 0 Å². The molecule has 0 spiro atoms. The van der Waals surface area contributed by atoms with Gasteiger partial charge < -0.3 is 19.1 Å². The third-order valence-electron chi connectivity index (χ3n) is 3.89. The van der Waals surface area contributed by atoms with Gasteiger partial charge in [-0.2, -0.15) is 0 Å². The number of ether oxygens (including phenoxy) is 3. The Morgan fingerprint density at radius 1 is 1.04 bits per heavy atom. The van der Waals surface area contributed by atoms with E-state index in [1.165, 1.54) is 11.5 Å². The molecule has 0 aliphatic heterocycles. The number of esters is 1. The molecule has 2 rings (SSSR count). The van der Waals surface area contributed by atoms with Gasteiger partial charge in [0.05, 0.1) is 17.7 Å². The first-order chi connectivity index (χ1) is 13.1. The summed E-state index contributed by atoms with van der Waals surface area (Å²) in [5.41, 5.74) is 0.734. The Hall–Kier alpha value is -2.54. The summed E-state index contributed by atoms with van der Waals surface area (Å²) in [6.07, 6.45) is -0.116. The Balaban J connectivity index is 2.57. The summed E-state index contributed by atoms with van der Waals surface area (Å²) in [7, 11) is 3.79. The zero-order valence-electron chi connectivity index (χ0n) is 17.7. The van der Waals surface area contributed by atoms with Gasteiger partial charge in [0.1, 0.15) is 23.8 Å². The number of likely N-dealkylation sites (N-methyl/N-ethyl adjacent to an activating group) is 1. The Bertz CT molecular complexity index is 852. The number of fused-ring (bicyclic) bond motifs is 1. The third-order valence-corrected chi connectivity index (χ3v) is 3.89. The van der Waals surface area contributed by atoms with Gasteiger partial charge in [0, 0.05) is 31.0 Å². The van der Waals surface area contributed by atoms with Crippen molar-refractivity contribution in [2.45, 2.75) is 46.8 Å². The maximum Gasteiger partial charge on any atom is 0.355 e. The molecule has 28 heavy (non-hydrogen) atoms. The first-order valence-electron chi connectivity index (χ1n) is 9.45. The lowest BCUT2D eigenvalue weighted by molar-refractivity contribution is 0.0466. The zero-order chi connectivity index (χ0) is 21.0. The summed E-state index contributed by atoms with van der Waals surface area (Å²) >= 11 is 0. The summed E-state index contributed by atoms with van der Waals surface area (Å²) < 4.78 is 18.4. The normalized spacial score (nSPS) is 11.5. The molecule has 1 heterocycles. The molecule has 0 unspecified atom stereocenters. The third kappa shape index (κ3) is 5.25. The molecule has 0 aliphatic rings. The van der Waals surface area contributed by atoms with Crippen molar-refractivity contribution in [1.82, 2.24) is 9.47 Å². The molecular formula is C21H30N2O5. The molecule has 2 aromatic rings. The number of carbonyl (C=O) groups excluding carboxylic acids is 2. The smallest absolute Gasteiger partial charge is 0.355 e. The molecule has 0 fully saturated rings. The highest BCUT2D eigenvalue weighted by molar-refractivity contribution is 6.04. The van der Waals surface area contributed by atoms with Crippen LogP contribution in [-0.2, 0) is 4.74 Å². The van der Waals surface area contributed by atoms with Gasteiger partial charge in [-0.1, -0.05) is 0 Å². The SMILES string of the molecule is CC(=O)n1c(C(=O)OCCN(C)C)cc2c(OC(C)C)cc(OC(C)C)cc21. The van der Waals surface area contributed by atoms with Crippen molar-refractivity contribution in [2.24, 2.45) is 0 Å². The van der Waals surface area contributed by atoms with Crippen LogP contribution in [0.2, 0.25) is 0 Å². The van der Waals surface area contributed by atoms with Crippen LogP contribution in [0.15, 0.2) is 18.2 Å². The summed E-state index contributed by atoms with van der Waals surface area (Å²) in [6, 6.07) is 5.18. The molecule has 1 aromatic carbocycles. The fraction of sp³-hybridized carbons (Fsp3) is 0.524. The van der Waals surface area contributed by atoms with Crippen LogP contribution in [0.3, 0.4) is 0 Å². The van der Waals surface area contributed by atoms with Crippen LogP contribution in [0.4, 0.5) is 0 Å². The first kappa shape index (κ1) is 21.8. The molecule has 0 N–H and O–H groups in total. The van der Waals surface area contributed by atoms with E-state index in [9.17, 15) is 9.59 Å². The number of benzene rings is 1. The number of hydrogen-bond donors (Lipinski definition) is 0. The molecule has 1 aromatic heterocycles. The monoisotopic (exact) mass is 390 g/mol. The summed E-state index contributed by atoms with van der Waals surface area (Å²) in [6.45, 7) is 9.92. The molecule has 0 radical (unpaired) electrons. The van der Waals surface area contributed by atoms with E-state index in [0.29, 0.717) is 28.9 Å². The topological polar surface area (TPSA) is 70.0 Å². The van der Waals surface area contributed by atoms with Gasteiger partial charge in [0.25, 0.3) is 0 Å². The molecule has 0 atom stereocenters. The quantitative estimate of drug-likeness (QED) is 0.642. The highest BCUT2D eigenvalue weighted by Crippen LogP contribution is 2.35. The van der Waals surface area contributed by atoms with Gasteiger partial charge in [0.15, 0.2) is 0 Å². The second-order valence-electron chi connectivity index (χ2n) is 7.51. The van der Waals surface area contributed by atoms with E-state index < -0.39 is 5.97 Å². The molecule has 7 heteroatoms. The zero-order valence-corrected chi connectivity index (χ0v) is 17.7. The van der Waals surface area contributed by atoms with Crippen LogP contribution in [0.1, 0.15) is 49.9 Å². The van der Waals surface area contributed by atoms with Gasteiger partial charge in [-0.3, -0.25) is 9.36 Å². The summed E-state index contributed by atoms with van der Waals surface area (Å²) in [5.74, 6) is 0.304. The van der Waals surface area contributed by atoms with Crippen molar-refractivity contribution in [2.75, 3.05) is 27.2 Å². The lowest BCUT2D eigenvalue weighted by atomic mass is 10.2. The van der Waals surface area contributed by atoms with Crippen molar-refractivity contribution in [3.63, 3.8) is 0 Å². The molecule has 0 aliphatic carbocycles. The fourth-order valence-electron chi connectivity index (χ4n) is 2.82. The predicted molar refractivity (Wildman–Crippen MR) is 109 cm³/mol. The van der Waals surface area contributed by atoms with E-state index in [1.807, 2.05) is 46.7 Å². The highest BCUT2D eigenvalue weighted by Gasteiger charge is 2.23. The van der Waals surface area contributed by atoms with Crippen molar-refractivity contribution in [3.8, 4) is 11.5 Å². The second kappa shape index (κ2) is 9.10. The number of aromatic nitrogens is 1. The Morgan fingerprint density at radius 3 is 2.21 bits per heavy atom. The summed E-state index contributed by atoms with van der Waals surface area (Å²) in [4.78, 5) is 26.9. The van der Waals surface area contributed by atoms with Crippen molar-refractivity contribution in [1.29, 1.82) is 0 Å². The summed E-state index contributed by atoms with van der Waals surface area (Å²) in [5, 5.41) is 0.666. The molecule has 154 valence electrons. The average molecular weight is 390 g/mol. The molecule has 0 saturated carbocycles. The van der Waals surface area contributed by atoms with Crippen molar-refractivity contribution < 1.29 is 23.8 Å². The van der Waals surface area contributed by atoms with Crippen molar-refractivity contribution >= 4 is 22.8 Å². The van der Waals surface area contributed by atoms with Crippen LogP contribution in [0.5, 0.6) is 11.5 Å². The standard InChI is InChI=1S/C21H30N2O5/c1-13(2)27-16-10-18-17(20(11-16)28-14(3)4)12-19(23(18)15(5)24)21(25)26-9-8-22(6)7/h10-14H,8-9H2,1-7H3. The highest BCUT2D eigenvalue weighted by atomic mass is 16.5. The Kier molecular flexibility index (Phi) is 7.07. The fourth-order valence-corrected chi connectivity index (χ4v) is 2.82. The van der Waals surface area contributed by atoms with Crippen LogP contribution in [0.25, 0.3) is 10.9 Å². The molecule has 0 bridgehead atoms. The molecule has 0 saturated heterocycles. The van der Waals surface area contributed by atoms with Gasteiger partial charge in [0.2, 0.25) is 5.91 Å². The maximum absolute atomic E-state index is 12.6. The maximum atomic E-state index is 12.6. The molecule has 7 nitrogen and oxygen atoms in total. The first-order valence-corrected chi connectivity index (χ1v) is 9.45. The van der Waals surface area contributed by atoms with E-state index in [-0.39, 0.29) is 30.4 Å².